The van der Waals surface area contributed by atoms with E-state index in [9.17, 15) is 0 Å². The Morgan fingerprint density at radius 3 is 2.65 bits per heavy atom. The summed E-state index contributed by atoms with van der Waals surface area (Å²) in [7, 11) is 0. The van der Waals surface area contributed by atoms with Crippen LogP contribution in [-0.2, 0) is 6.42 Å². The van der Waals surface area contributed by atoms with Crippen molar-refractivity contribution < 1.29 is 0 Å². The normalized spacial score (nSPS) is 19.1. The van der Waals surface area contributed by atoms with E-state index >= 15 is 0 Å². The Bertz CT molecular complexity index is 366. The van der Waals surface area contributed by atoms with Crippen LogP contribution in [0.1, 0.15) is 52.0 Å². The summed E-state index contributed by atoms with van der Waals surface area (Å²) in [6.07, 6.45) is 6.57. The highest BCUT2D eigenvalue weighted by molar-refractivity contribution is 7.07. The molecule has 2 nitrogen and oxygen atoms in total. The van der Waals surface area contributed by atoms with Gasteiger partial charge >= 0.3 is 0 Å². The minimum absolute atomic E-state index is 0.256. The molecule has 1 fully saturated rings. The molecule has 0 bridgehead atoms. The molecule has 0 amide bonds. The fraction of sp³-hybridized carbons (Fsp3) is 0.765. The average molecular weight is 295 g/mol. The minimum Gasteiger partial charge on any atom is -0.312 e. The van der Waals surface area contributed by atoms with Crippen molar-refractivity contribution in [3.63, 3.8) is 0 Å². The summed E-state index contributed by atoms with van der Waals surface area (Å²) >= 11 is 1.81. The molecule has 1 aliphatic rings. The molecule has 20 heavy (non-hydrogen) atoms. The number of hydrogen-bond donors (Lipinski definition) is 1. The van der Waals surface area contributed by atoms with Gasteiger partial charge in [-0.2, -0.15) is 11.3 Å². The van der Waals surface area contributed by atoms with Gasteiger partial charge < -0.3 is 5.32 Å². The first-order valence-corrected chi connectivity index (χ1v) is 9.08. The lowest BCUT2D eigenvalue weighted by Crippen LogP contribution is -2.59. The zero-order valence-corrected chi connectivity index (χ0v) is 14.1. The summed E-state index contributed by atoms with van der Waals surface area (Å²) in [4.78, 5) is 2.71. The number of nitrogens with zero attached hydrogens (tertiary/aromatic N) is 1. The van der Waals surface area contributed by atoms with E-state index in [1.165, 1.54) is 50.8 Å². The maximum Gasteiger partial charge on any atom is 0.0306 e. The van der Waals surface area contributed by atoms with Gasteiger partial charge in [-0.25, -0.2) is 0 Å². The summed E-state index contributed by atoms with van der Waals surface area (Å²) in [5.74, 6) is 0. The van der Waals surface area contributed by atoms with Crippen LogP contribution in [0.3, 0.4) is 0 Å². The molecule has 3 heteroatoms. The Morgan fingerprint density at radius 1 is 1.30 bits per heavy atom. The minimum atomic E-state index is 0.256. The van der Waals surface area contributed by atoms with Gasteiger partial charge in [0.2, 0.25) is 0 Å². The standard InChI is InChI=1S/C17H30N2S/c1-4-18-16(9-8-15-10-13-20-14-15)17(2,3)19-11-6-5-7-12-19/h10,13-14,16,18H,4-9,11-12H2,1-3H3. The van der Waals surface area contributed by atoms with Gasteiger partial charge in [0.05, 0.1) is 0 Å². The zero-order chi connectivity index (χ0) is 14.4. The highest BCUT2D eigenvalue weighted by Crippen LogP contribution is 2.26. The largest absolute Gasteiger partial charge is 0.312 e. The number of thiophene rings is 1. The van der Waals surface area contributed by atoms with Crippen LogP contribution < -0.4 is 5.32 Å². The van der Waals surface area contributed by atoms with Crippen LogP contribution in [0.2, 0.25) is 0 Å². The van der Waals surface area contributed by atoms with Crippen LogP contribution in [0.4, 0.5) is 0 Å². The SMILES string of the molecule is CCNC(CCc1ccsc1)C(C)(C)N1CCCCC1. The van der Waals surface area contributed by atoms with E-state index in [-0.39, 0.29) is 5.54 Å². The van der Waals surface area contributed by atoms with Gasteiger partial charge in [-0.05, 0) is 81.6 Å². The molecule has 0 saturated carbocycles. The van der Waals surface area contributed by atoms with Gasteiger partial charge in [0.1, 0.15) is 0 Å². The molecule has 1 unspecified atom stereocenters. The summed E-state index contributed by atoms with van der Waals surface area (Å²) < 4.78 is 0. The number of hydrogen-bond acceptors (Lipinski definition) is 3. The average Bonchev–Trinajstić information content (AvgIpc) is 2.97. The second-order valence-corrected chi connectivity index (χ2v) is 7.26. The van der Waals surface area contributed by atoms with E-state index in [1.54, 1.807) is 0 Å². The topological polar surface area (TPSA) is 15.3 Å². The predicted octanol–water partition coefficient (Wildman–Crippen LogP) is 3.92. The van der Waals surface area contributed by atoms with E-state index in [1.807, 2.05) is 11.3 Å². The number of likely N-dealkylation sites (tertiary alicyclic amines) is 1. The van der Waals surface area contributed by atoms with Crippen molar-refractivity contribution in [2.75, 3.05) is 19.6 Å². The van der Waals surface area contributed by atoms with Gasteiger partial charge in [-0.3, -0.25) is 4.90 Å². The van der Waals surface area contributed by atoms with Crippen molar-refractivity contribution in [2.24, 2.45) is 0 Å². The molecule has 114 valence electrons. The first-order valence-electron chi connectivity index (χ1n) is 8.14. The molecule has 1 saturated heterocycles. The third kappa shape index (κ3) is 4.06. The summed E-state index contributed by atoms with van der Waals surface area (Å²) in [5, 5.41) is 8.22. The fourth-order valence-electron chi connectivity index (χ4n) is 3.39. The lowest BCUT2D eigenvalue weighted by molar-refractivity contribution is 0.0588. The van der Waals surface area contributed by atoms with E-state index in [0.29, 0.717) is 6.04 Å². The van der Waals surface area contributed by atoms with E-state index in [2.05, 4.69) is 47.8 Å². The van der Waals surface area contributed by atoms with Crippen LogP contribution in [-0.4, -0.2) is 36.1 Å². The third-order valence-corrected chi connectivity index (χ3v) is 5.51. The van der Waals surface area contributed by atoms with Crippen molar-refractivity contribution in [1.82, 2.24) is 10.2 Å². The van der Waals surface area contributed by atoms with Gasteiger partial charge in [-0.15, -0.1) is 0 Å². The van der Waals surface area contributed by atoms with Crippen molar-refractivity contribution in [1.29, 1.82) is 0 Å². The predicted molar refractivity (Wildman–Crippen MR) is 89.6 cm³/mol. The van der Waals surface area contributed by atoms with Crippen molar-refractivity contribution in [2.45, 2.75) is 64.5 Å². The Morgan fingerprint density at radius 2 is 2.05 bits per heavy atom. The maximum absolute atomic E-state index is 3.74. The quantitative estimate of drug-likeness (QED) is 0.820. The highest BCUT2D eigenvalue weighted by atomic mass is 32.1. The van der Waals surface area contributed by atoms with Crippen molar-refractivity contribution in [3.8, 4) is 0 Å². The first-order chi connectivity index (χ1) is 9.64. The Labute approximate surface area is 128 Å². The maximum atomic E-state index is 3.74. The number of piperidine rings is 1. The van der Waals surface area contributed by atoms with Crippen LogP contribution in [0.15, 0.2) is 16.8 Å². The molecule has 1 aromatic heterocycles. The van der Waals surface area contributed by atoms with Crippen LogP contribution >= 0.6 is 11.3 Å². The third-order valence-electron chi connectivity index (χ3n) is 4.78. The molecule has 1 N–H and O–H groups in total. The van der Waals surface area contributed by atoms with Crippen LogP contribution in [0.25, 0.3) is 0 Å². The Kier molecular flexibility index (Phi) is 6.06. The lowest BCUT2D eigenvalue weighted by Gasteiger charge is -2.46. The molecule has 0 aromatic carbocycles. The molecule has 1 aromatic rings. The monoisotopic (exact) mass is 294 g/mol. The number of nitrogens with one attached hydrogen (secondary N) is 1. The van der Waals surface area contributed by atoms with E-state index in [0.717, 1.165) is 6.54 Å². The van der Waals surface area contributed by atoms with Gasteiger partial charge in [-0.1, -0.05) is 13.3 Å². The summed E-state index contributed by atoms with van der Waals surface area (Å²) in [5.41, 5.74) is 1.75. The zero-order valence-electron chi connectivity index (χ0n) is 13.3. The molecule has 1 aliphatic heterocycles. The summed E-state index contributed by atoms with van der Waals surface area (Å²) in [6.45, 7) is 10.7. The van der Waals surface area contributed by atoms with Crippen LogP contribution in [0, 0.1) is 0 Å². The molecule has 2 heterocycles. The molecular weight excluding hydrogens is 264 g/mol. The molecular formula is C17H30N2S. The highest BCUT2D eigenvalue weighted by Gasteiger charge is 2.35. The van der Waals surface area contributed by atoms with Crippen LogP contribution in [0.5, 0.6) is 0 Å². The lowest BCUT2D eigenvalue weighted by atomic mass is 9.86. The Hall–Kier alpha value is -0.380. The van der Waals surface area contributed by atoms with Gasteiger partial charge in [0.15, 0.2) is 0 Å². The number of rotatable bonds is 7. The molecule has 0 radical (unpaired) electrons. The second-order valence-electron chi connectivity index (χ2n) is 6.48. The molecule has 0 aliphatic carbocycles. The van der Waals surface area contributed by atoms with Gasteiger partial charge in [0.25, 0.3) is 0 Å². The molecule has 2 rings (SSSR count). The number of likely N-dealkylation sites (N-methyl/N-ethyl adjacent to an activating group) is 1. The molecule has 0 spiro atoms. The van der Waals surface area contributed by atoms with Crippen molar-refractivity contribution >= 4 is 11.3 Å². The first kappa shape index (κ1) is 16.0. The van der Waals surface area contributed by atoms with Crippen molar-refractivity contribution in [3.05, 3.63) is 22.4 Å². The molecule has 1 atom stereocenters. The van der Waals surface area contributed by atoms with Gasteiger partial charge in [0, 0.05) is 11.6 Å². The fourth-order valence-corrected chi connectivity index (χ4v) is 4.09. The number of aryl methyl sites for hydroxylation is 1. The summed E-state index contributed by atoms with van der Waals surface area (Å²) in [6, 6.07) is 2.84. The Balaban J connectivity index is 1.97. The second kappa shape index (κ2) is 7.58. The van der Waals surface area contributed by atoms with E-state index in [4.69, 9.17) is 0 Å². The van der Waals surface area contributed by atoms with E-state index < -0.39 is 0 Å². The smallest absolute Gasteiger partial charge is 0.0306 e.